The lowest BCUT2D eigenvalue weighted by Crippen LogP contribution is -2.44. The highest BCUT2D eigenvalue weighted by molar-refractivity contribution is 5.95. The molecule has 1 amide bonds. The molecular formula is C16H24N2O2. The summed E-state index contributed by atoms with van der Waals surface area (Å²) in [6.45, 7) is 6.51. The summed E-state index contributed by atoms with van der Waals surface area (Å²) in [6.07, 6.45) is 2.69. The van der Waals surface area contributed by atoms with Crippen LogP contribution in [0.1, 0.15) is 33.1 Å². The fourth-order valence-electron chi connectivity index (χ4n) is 2.74. The van der Waals surface area contributed by atoms with Crippen molar-refractivity contribution in [2.45, 2.75) is 33.1 Å². The van der Waals surface area contributed by atoms with E-state index in [2.05, 4.69) is 17.6 Å². The molecule has 1 aliphatic heterocycles. The molecule has 1 aromatic rings. The molecule has 4 nitrogen and oxygen atoms in total. The van der Waals surface area contributed by atoms with E-state index < -0.39 is 0 Å². The minimum Gasteiger partial charge on any atom is -0.494 e. The fraction of sp³-hybridized carbons (Fsp3) is 0.562. The Hall–Kier alpha value is -1.55. The van der Waals surface area contributed by atoms with Gasteiger partial charge in [0.15, 0.2) is 0 Å². The molecule has 0 aromatic heterocycles. The van der Waals surface area contributed by atoms with Crippen molar-refractivity contribution in [3.05, 3.63) is 24.3 Å². The topological polar surface area (TPSA) is 50.4 Å². The van der Waals surface area contributed by atoms with Crippen LogP contribution in [0, 0.1) is 5.41 Å². The number of hydrogen-bond acceptors (Lipinski definition) is 3. The Bertz CT molecular complexity index is 454. The summed E-state index contributed by atoms with van der Waals surface area (Å²) in [5, 5.41) is 6.37. The Morgan fingerprint density at radius 3 is 2.75 bits per heavy atom. The molecule has 1 heterocycles. The van der Waals surface area contributed by atoms with Crippen molar-refractivity contribution >= 4 is 11.6 Å². The minimum absolute atomic E-state index is 0.134. The number of piperidine rings is 1. The van der Waals surface area contributed by atoms with Gasteiger partial charge in [0.1, 0.15) is 5.75 Å². The highest BCUT2D eigenvalue weighted by Gasteiger charge is 2.37. The maximum absolute atomic E-state index is 12.6. The molecular weight excluding hydrogens is 252 g/mol. The van der Waals surface area contributed by atoms with E-state index in [1.807, 2.05) is 31.2 Å². The van der Waals surface area contributed by atoms with E-state index in [0.717, 1.165) is 43.8 Å². The van der Waals surface area contributed by atoms with Crippen molar-refractivity contribution in [1.82, 2.24) is 5.32 Å². The van der Waals surface area contributed by atoms with Gasteiger partial charge in [-0.05, 0) is 51.4 Å². The number of carbonyl (C=O) groups excluding carboxylic acids is 1. The molecule has 1 aromatic carbocycles. The standard InChI is InChI=1S/C16H24N2O2/c1-3-16(8-10-17-11-9-16)15(19)18-13-6-5-7-14(12-13)20-4-2/h5-7,12,17H,3-4,8-11H2,1-2H3,(H,18,19). The number of benzene rings is 1. The largest absolute Gasteiger partial charge is 0.494 e. The highest BCUT2D eigenvalue weighted by Crippen LogP contribution is 2.34. The van der Waals surface area contributed by atoms with Crippen LogP contribution in [0.5, 0.6) is 5.75 Å². The summed E-state index contributed by atoms with van der Waals surface area (Å²) >= 11 is 0. The number of nitrogens with one attached hydrogen (secondary N) is 2. The lowest BCUT2D eigenvalue weighted by Gasteiger charge is -2.35. The third kappa shape index (κ3) is 3.31. The molecule has 20 heavy (non-hydrogen) atoms. The summed E-state index contributed by atoms with van der Waals surface area (Å²) in [5.41, 5.74) is 0.583. The van der Waals surface area contributed by atoms with E-state index in [-0.39, 0.29) is 11.3 Å². The lowest BCUT2D eigenvalue weighted by molar-refractivity contribution is -0.127. The summed E-state index contributed by atoms with van der Waals surface area (Å²) in [5.74, 6) is 0.927. The predicted molar refractivity (Wildman–Crippen MR) is 81.1 cm³/mol. The van der Waals surface area contributed by atoms with Crippen LogP contribution in [0.25, 0.3) is 0 Å². The molecule has 0 radical (unpaired) electrons. The van der Waals surface area contributed by atoms with E-state index in [1.165, 1.54) is 0 Å². The number of rotatable bonds is 5. The maximum Gasteiger partial charge on any atom is 0.230 e. The number of amides is 1. The second-order valence-corrected chi connectivity index (χ2v) is 5.30. The molecule has 0 aliphatic carbocycles. The summed E-state index contributed by atoms with van der Waals surface area (Å²) in [4.78, 5) is 12.6. The van der Waals surface area contributed by atoms with Crippen LogP contribution >= 0.6 is 0 Å². The third-order valence-electron chi connectivity index (χ3n) is 4.12. The summed E-state index contributed by atoms with van der Waals surface area (Å²) < 4.78 is 5.46. The van der Waals surface area contributed by atoms with Crippen molar-refractivity contribution in [1.29, 1.82) is 0 Å². The Labute approximate surface area is 120 Å². The lowest BCUT2D eigenvalue weighted by atomic mass is 9.76. The van der Waals surface area contributed by atoms with Crippen LogP contribution in [0.2, 0.25) is 0 Å². The van der Waals surface area contributed by atoms with E-state index in [0.29, 0.717) is 6.61 Å². The van der Waals surface area contributed by atoms with Gasteiger partial charge in [0.25, 0.3) is 0 Å². The Balaban J connectivity index is 2.08. The minimum atomic E-state index is -0.229. The number of ether oxygens (including phenoxy) is 1. The van der Waals surface area contributed by atoms with Crippen LogP contribution < -0.4 is 15.4 Å². The van der Waals surface area contributed by atoms with Crippen molar-refractivity contribution in [2.75, 3.05) is 25.0 Å². The van der Waals surface area contributed by atoms with Gasteiger partial charge in [-0.2, -0.15) is 0 Å². The van der Waals surface area contributed by atoms with Crippen LogP contribution in [0.3, 0.4) is 0 Å². The first-order valence-corrected chi connectivity index (χ1v) is 7.45. The van der Waals surface area contributed by atoms with E-state index >= 15 is 0 Å². The van der Waals surface area contributed by atoms with Crippen LogP contribution in [0.4, 0.5) is 5.69 Å². The van der Waals surface area contributed by atoms with Gasteiger partial charge in [-0.1, -0.05) is 13.0 Å². The first-order chi connectivity index (χ1) is 9.70. The molecule has 0 bridgehead atoms. The molecule has 2 N–H and O–H groups in total. The van der Waals surface area contributed by atoms with Gasteiger partial charge < -0.3 is 15.4 Å². The average molecular weight is 276 g/mol. The van der Waals surface area contributed by atoms with Crippen LogP contribution in [0.15, 0.2) is 24.3 Å². The first kappa shape index (κ1) is 14.9. The summed E-state index contributed by atoms with van der Waals surface area (Å²) in [6, 6.07) is 7.59. The van der Waals surface area contributed by atoms with Crippen molar-refractivity contribution in [2.24, 2.45) is 5.41 Å². The van der Waals surface area contributed by atoms with E-state index in [9.17, 15) is 4.79 Å². The van der Waals surface area contributed by atoms with Gasteiger partial charge in [0, 0.05) is 11.8 Å². The van der Waals surface area contributed by atoms with Crippen molar-refractivity contribution < 1.29 is 9.53 Å². The van der Waals surface area contributed by atoms with Gasteiger partial charge >= 0.3 is 0 Å². The molecule has 1 fully saturated rings. The van der Waals surface area contributed by atoms with Gasteiger partial charge in [0.2, 0.25) is 5.91 Å². The third-order valence-corrected chi connectivity index (χ3v) is 4.12. The zero-order valence-electron chi connectivity index (χ0n) is 12.4. The Morgan fingerprint density at radius 2 is 2.10 bits per heavy atom. The second-order valence-electron chi connectivity index (χ2n) is 5.30. The smallest absolute Gasteiger partial charge is 0.230 e. The molecule has 2 rings (SSSR count). The first-order valence-electron chi connectivity index (χ1n) is 7.45. The van der Waals surface area contributed by atoms with E-state index in [1.54, 1.807) is 0 Å². The molecule has 1 aliphatic rings. The van der Waals surface area contributed by atoms with Crippen molar-refractivity contribution in [3.8, 4) is 5.75 Å². The predicted octanol–water partition coefficient (Wildman–Crippen LogP) is 2.80. The maximum atomic E-state index is 12.6. The fourth-order valence-corrected chi connectivity index (χ4v) is 2.74. The SMILES string of the molecule is CCOc1cccc(NC(=O)C2(CC)CCNCC2)c1. The quantitative estimate of drug-likeness (QED) is 0.869. The van der Waals surface area contributed by atoms with Gasteiger partial charge in [-0.15, -0.1) is 0 Å². The molecule has 0 saturated carbocycles. The molecule has 4 heteroatoms. The summed E-state index contributed by atoms with van der Waals surface area (Å²) in [7, 11) is 0. The number of anilines is 1. The van der Waals surface area contributed by atoms with Gasteiger partial charge in [0.05, 0.1) is 12.0 Å². The van der Waals surface area contributed by atoms with Crippen LogP contribution in [-0.2, 0) is 4.79 Å². The molecule has 0 atom stereocenters. The van der Waals surface area contributed by atoms with E-state index in [4.69, 9.17) is 4.74 Å². The second kappa shape index (κ2) is 6.75. The number of carbonyl (C=O) groups is 1. The van der Waals surface area contributed by atoms with Crippen molar-refractivity contribution in [3.63, 3.8) is 0 Å². The molecule has 110 valence electrons. The van der Waals surface area contributed by atoms with Gasteiger partial charge in [-0.25, -0.2) is 0 Å². The molecule has 0 unspecified atom stereocenters. The molecule has 1 saturated heterocycles. The Kier molecular flexibility index (Phi) is 5.01. The highest BCUT2D eigenvalue weighted by atomic mass is 16.5. The van der Waals surface area contributed by atoms with Gasteiger partial charge in [-0.3, -0.25) is 4.79 Å². The van der Waals surface area contributed by atoms with Crippen LogP contribution in [-0.4, -0.2) is 25.6 Å². The normalized spacial score (nSPS) is 17.5. The number of hydrogen-bond donors (Lipinski definition) is 2. The Morgan fingerprint density at radius 1 is 1.35 bits per heavy atom. The average Bonchev–Trinajstić information content (AvgIpc) is 2.48. The monoisotopic (exact) mass is 276 g/mol. The molecule has 0 spiro atoms. The zero-order chi connectivity index (χ0) is 14.4. The zero-order valence-corrected chi connectivity index (χ0v) is 12.4.